The Hall–Kier alpha value is -1.02. The SMILES string of the molecule is CNC1CC(C)CCc2cc(C)c(OC)c(C)c21. The van der Waals surface area contributed by atoms with Gasteiger partial charge < -0.3 is 10.1 Å². The molecule has 1 N–H and O–H groups in total. The lowest BCUT2D eigenvalue weighted by molar-refractivity contribution is 0.402. The van der Waals surface area contributed by atoms with Gasteiger partial charge in [0.2, 0.25) is 0 Å². The first kappa shape index (κ1) is 13.4. The number of rotatable bonds is 2. The van der Waals surface area contributed by atoms with Crippen LogP contribution in [0.2, 0.25) is 0 Å². The van der Waals surface area contributed by atoms with E-state index in [2.05, 4.69) is 39.2 Å². The molecule has 2 nitrogen and oxygen atoms in total. The van der Waals surface area contributed by atoms with Crippen LogP contribution in [0.4, 0.5) is 0 Å². The molecule has 0 amide bonds. The molecule has 0 saturated carbocycles. The second-order valence-corrected chi connectivity index (χ2v) is 5.65. The van der Waals surface area contributed by atoms with E-state index in [4.69, 9.17) is 4.74 Å². The van der Waals surface area contributed by atoms with Gasteiger partial charge in [0, 0.05) is 6.04 Å². The summed E-state index contributed by atoms with van der Waals surface area (Å²) < 4.78 is 5.57. The van der Waals surface area contributed by atoms with Gasteiger partial charge in [0.05, 0.1) is 7.11 Å². The summed E-state index contributed by atoms with van der Waals surface area (Å²) in [6.07, 6.45) is 3.70. The van der Waals surface area contributed by atoms with Crippen LogP contribution < -0.4 is 10.1 Å². The normalized spacial score (nSPS) is 23.4. The Kier molecular flexibility index (Phi) is 3.96. The van der Waals surface area contributed by atoms with Gasteiger partial charge in [-0.05, 0) is 68.3 Å². The zero-order chi connectivity index (χ0) is 13.3. The summed E-state index contributed by atoms with van der Waals surface area (Å²) in [5.74, 6) is 1.84. The van der Waals surface area contributed by atoms with Crippen molar-refractivity contribution in [3.8, 4) is 5.75 Å². The average Bonchev–Trinajstić information content (AvgIpc) is 2.49. The zero-order valence-corrected chi connectivity index (χ0v) is 12.3. The quantitative estimate of drug-likeness (QED) is 0.807. The fraction of sp³-hybridized carbons (Fsp3) is 0.625. The summed E-state index contributed by atoms with van der Waals surface area (Å²) in [4.78, 5) is 0. The molecule has 0 saturated heterocycles. The van der Waals surface area contributed by atoms with Gasteiger partial charge in [0.15, 0.2) is 0 Å². The van der Waals surface area contributed by atoms with Crippen molar-refractivity contribution >= 4 is 0 Å². The van der Waals surface area contributed by atoms with Crippen LogP contribution in [0, 0.1) is 19.8 Å². The Morgan fingerprint density at radius 2 is 2.06 bits per heavy atom. The van der Waals surface area contributed by atoms with Crippen molar-refractivity contribution in [3.05, 3.63) is 28.3 Å². The van der Waals surface area contributed by atoms with E-state index in [1.54, 1.807) is 7.11 Å². The van der Waals surface area contributed by atoms with E-state index in [9.17, 15) is 0 Å². The summed E-state index contributed by atoms with van der Waals surface area (Å²) in [7, 11) is 3.84. The number of methoxy groups -OCH3 is 1. The predicted octanol–water partition coefficient (Wildman–Crippen LogP) is 3.54. The smallest absolute Gasteiger partial charge is 0.125 e. The highest BCUT2D eigenvalue weighted by molar-refractivity contribution is 5.51. The molecule has 0 heterocycles. The molecule has 0 aromatic heterocycles. The van der Waals surface area contributed by atoms with E-state index < -0.39 is 0 Å². The average molecular weight is 247 g/mol. The summed E-state index contributed by atoms with van der Waals surface area (Å²) >= 11 is 0. The molecule has 100 valence electrons. The van der Waals surface area contributed by atoms with Gasteiger partial charge in [-0.3, -0.25) is 0 Å². The van der Waals surface area contributed by atoms with E-state index in [1.807, 2.05) is 0 Å². The van der Waals surface area contributed by atoms with Crippen molar-refractivity contribution in [2.24, 2.45) is 5.92 Å². The van der Waals surface area contributed by atoms with Gasteiger partial charge >= 0.3 is 0 Å². The Labute approximate surface area is 111 Å². The molecule has 0 spiro atoms. The predicted molar refractivity (Wildman–Crippen MR) is 76.4 cm³/mol. The van der Waals surface area contributed by atoms with Gasteiger partial charge in [0.1, 0.15) is 5.75 Å². The number of hydrogen-bond donors (Lipinski definition) is 1. The maximum atomic E-state index is 5.57. The molecule has 1 aliphatic carbocycles. The first-order chi connectivity index (χ1) is 8.58. The Morgan fingerprint density at radius 1 is 1.33 bits per heavy atom. The molecule has 0 bridgehead atoms. The maximum Gasteiger partial charge on any atom is 0.125 e. The number of aryl methyl sites for hydroxylation is 2. The topological polar surface area (TPSA) is 21.3 Å². The molecule has 18 heavy (non-hydrogen) atoms. The van der Waals surface area contributed by atoms with E-state index in [0.717, 1.165) is 11.7 Å². The third-order valence-corrected chi connectivity index (χ3v) is 4.29. The lowest BCUT2D eigenvalue weighted by atomic mass is 9.91. The first-order valence-corrected chi connectivity index (χ1v) is 6.92. The summed E-state index contributed by atoms with van der Waals surface area (Å²) in [6.45, 7) is 6.70. The van der Waals surface area contributed by atoms with E-state index >= 15 is 0 Å². The Morgan fingerprint density at radius 3 is 2.67 bits per heavy atom. The molecule has 2 atom stereocenters. The largest absolute Gasteiger partial charge is 0.496 e. The number of ether oxygens (including phenoxy) is 1. The van der Waals surface area contributed by atoms with Crippen molar-refractivity contribution in [2.75, 3.05) is 14.2 Å². The van der Waals surface area contributed by atoms with Crippen LogP contribution in [0.1, 0.15) is 48.1 Å². The van der Waals surface area contributed by atoms with Gasteiger partial charge in [-0.15, -0.1) is 0 Å². The molecule has 2 rings (SSSR count). The summed E-state index contributed by atoms with van der Waals surface area (Å²) in [5, 5.41) is 3.49. The fourth-order valence-corrected chi connectivity index (χ4v) is 3.37. The minimum Gasteiger partial charge on any atom is -0.496 e. The van der Waals surface area contributed by atoms with Crippen molar-refractivity contribution in [1.29, 1.82) is 0 Å². The van der Waals surface area contributed by atoms with Crippen molar-refractivity contribution in [2.45, 2.75) is 46.1 Å². The fourth-order valence-electron chi connectivity index (χ4n) is 3.37. The molecule has 0 radical (unpaired) electrons. The number of fused-ring (bicyclic) bond motifs is 1. The molecule has 1 aliphatic rings. The molecule has 1 aromatic carbocycles. The van der Waals surface area contributed by atoms with E-state index in [-0.39, 0.29) is 0 Å². The summed E-state index contributed by atoms with van der Waals surface area (Å²) in [6, 6.07) is 2.79. The Bertz CT molecular complexity index is 439. The lowest BCUT2D eigenvalue weighted by Crippen LogP contribution is -2.20. The second kappa shape index (κ2) is 5.31. The van der Waals surface area contributed by atoms with Crippen LogP contribution in [0.5, 0.6) is 5.75 Å². The highest BCUT2D eigenvalue weighted by Crippen LogP contribution is 2.38. The lowest BCUT2D eigenvalue weighted by Gasteiger charge is -2.23. The number of hydrogen-bond acceptors (Lipinski definition) is 2. The maximum absolute atomic E-state index is 5.57. The zero-order valence-electron chi connectivity index (χ0n) is 12.3. The van der Waals surface area contributed by atoms with Crippen LogP contribution >= 0.6 is 0 Å². The molecular weight excluding hydrogens is 222 g/mol. The molecule has 2 unspecified atom stereocenters. The minimum absolute atomic E-state index is 0.465. The van der Waals surface area contributed by atoms with Crippen LogP contribution in [0.15, 0.2) is 6.07 Å². The molecule has 2 heteroatoms. The minimum atomic E-state index is 0.465. The highest BCUT2D eigenvalue weighted by Gasteiger charge is 2.25. The standard InChI is InChI=1S/C16H25NO/c1-10-6-7-13-9-11(2)16(18-5)12(3)15(13)14(8-10)17-4/h9-10,14,17H,6-8H2,1-5H3. The van der Waals surface area contributed by atoms with Crippen molar-refractivity contribution in [3.63, 3.8) is 0 Å². The van der Waals surface area contributed by atoms with Gasteiger partial charge in [-0.1, -0.05) is 13.0 Å². The van der Waals surface area contributed by atoms with E-state index in [0.29, 0.717) is 6.04 Å². The molecular formula is C16H25NO. The van der Waals surface area contributed by atoms with Crippen LogP contribution in [0.3, 0.4) is 0 Å². The third kappa shape index (κ3) is 2.26. The van der Waals surface area contributed by atoms with Crippen LogP contribution in [-0.4, -0.2) is 14.2 Å². The van der Waals surface area contributed by atoms with Crippen molar-refractivity contribution < 1.29 is 4.74 Å². The van der Waals surface area contributed by atoms with Crippen molar-refractivity contribution in [1.82, 2.24) is 5.32 Å². The monoisotopic (exact) mass is 247 g/mol. The van der Waals surface area contributed by atoms with Gasteiger partial charge in [-0.25, -0.2) is 0 Å². The number of benzene rings is 1. The van der Waals surface area contributed by atoms with Crippen LogP contribution in [-0.2, 0) is 6.42 Å². The van der Waals surface area contributed by atoms with E-state index in [1.165, 1.54) is 41.5 Å². The molecule has 0 fully saturated rings. The number of nitrogens with one attached hydrogen (secondary N) is 1. The second-order valence-electron chi connectivity index (χ2n) is 5.65. The Balaban J connectivity index is 2.57. The third-order valence-electron chi connectivity index (χ3n) is 4.29. The highest BCUT2D eigenvalue weighted by atomic mass is 16.5. The van der Waals surface area contributed by atoms with Crippen LogP contribution in [0.25, 0.3) is 0 Å². The first-order valence-electron chi connectivity index (χ1n) is 6.92. The molecule has 0 aliphatic heterocycles. The molecule has 1 aromatic rings. The summed E-state index contributed by atoms with van der Waals surface area (Å²) in [5.41, 5.74) is 5.57. The van der Waals surface area contributed by atoms with Gasteiger partial charge in [0.25, 0.3) is 0 Å². The van der Waals surface area contributed by atoms with Gasteiger partial charge in [-0.2, -0.15) is 0 Å².